The van der Waals surface area contributed by atoms with E-state index in [1.54, 1.807) is 7.11 Å². The van der Waals surface area contributed by atoms with Crippen LogP contribution in [0.2, 0.25) is 25.2 Å². The molecule has 3 heteroatoms. The first-order valence-electron chi connectivity index (χ1n) is 5.83. The fourth-order valence-electron chi connectivity index (χ4n) is 2.51. The van der Waals surface area contributed by atoms with Gasteiger partial charge in [0.05, 0.1) is 7.11 Å². The second-order valence-corrected chi connectivity index (χ2v) is 10.7. The van der Waals surface area contributed by atoms with E-state index >= 15 is 0 Å². The van der Waals surface area contributed by atoms with Crippen LogP contribution in [-0.4, -0.2) is 19.8 Å². The molecule has 0 spiro atoms. The molecule has 0 saturated carbocycles. The smallest absolute Gasteiger partial charge is 0.193 e. The Bertz CT molecular complexity index is 322. The first-order valence-corrected chi connectivity index (χ1v) is 9.25. The highest BCUT2D eigenvalue weighted by Crippen LogP contribution is 2.37. The van der Waals surface area contributed by atoms with Gasteiger partial charge in [-0.15, -0.1) is 0 Å². The van der Waals surface area contributed by atoms with Gasteiger partial charge in [-0.3, -0.25) is 0 Å². The van der Waals surface area contributed by atoms with Gasteiger partial charge >= 0.3 is 0 Å². The highest BCUT2D eigenvalue weighted by molar-refractivity contribution is 6.77. The quantitative estimate of drug-likeness (QED) is 0.700. The van der Waals surface area contributed by atoms with Gasteiger partial charge in [-0.1, -0.05) is 25.2 Å². The van der Waals surface area contributed by atoms with E-state index in [2.05, 4.69) is 36.0 Å². The molecule has 2 rings (SSSR count). The van der Waals surface area contributed by atoms with Crippen LogP contribution in [0.5, 0.6) is 5.88 Å². The summed E-state index contributed by atoms with van der Waals surface area (Å²) in [6.07, 6.45) is 4.83. The number of ether oxygens (including phenoxy) is 1. The lowest BCUT2D eigenvalue weighted by Gasteiger charge is -2.34. The maximum atomic E-state index is 5.36. The summed E-state index contributed by atoms with van der Waals surface area (Å²) >= 11 is 0. The van der Waals surface area contributed by atoms with Crippen molar-refractivity contribution in [1.82, 2.24) is 4.57 Å². The van der Waals surface area contributed by atoms with Crippen molar-refractivity contribution in [2.75, 3.05) is 7.11 Å². The molecule has 84 valence electrons. The Morgan fingerprint density at radius 1 is 1.33 bits per heavy atom. The van der Waals surface area contributed by atoms with Gasteiger partial charge in [-0.2, -0.15) is 0 Å². The minimum absolute atomic E-state index is 0.676. The molecule has 0 radical (unpaired) electrons. The molecule has 1 fully saturated rings. The normalized spacial score (nSPS) is 21.5. The van der Waals surface area contributed by atoms with Crippen LogP contribution in [0, 0.1) is 0 Å². The second-order valence-electron chi connectivity index (χ2n) is 5.35. The lowest BCUT2D eigenvalue weighted by molar-refractivity contribution is 0.336. The molecule has 1 saturated heterocycles. The Morgan fingerprint density at radius 3 is 2.60 bits per heavy atom. The van der Waals surface area contributed by atoms with Crippen LogP contribution in [0.4, 0.5) is 0 Å². The maximum Gasteiger partial charge on any atom is 0.193 e. The first-order chi connectivity index (χ1) is 7.12. The van der Waals surface area contributed by atoms with Crippen LogP contribution in [0.1, 0.15) is 18.9 Å². The summed E-state index contributed by atoms with van der Waals surface area (Å²) in [5.74, 6) is 1.02. The van der Waals surface area contributed by atoms with Crippen LogP contribution in [0.25, 0.3) is 0 Å². The van der Waals surface area contributed by atoms with E-state index in [0.717, 1.165) is 5.88 Å². The van der Waals surface area contributed by atoms with Gasteiger partial charge in [0, 0.05) is 20.3 Å². The third-order valence-corrected chi connectivity index (χ3v) is 6.94. The topological polar surface area (TPSA) is 14.2 Å². The number of nitrogens with zero attached hydrogens (tertiary/aromatic N) is 1. The van der Waals surface area contributed by atoms with Crippen molar-refractivity contribution in [1.29, 1.82) is 0 Å². The van der Waals surface area contributed by atoms with E-state index in [9.17, 15) is 0 Å². The molecule has 2 heterocycles. The molecule has 0 N–H and O–H groups in total. The van der Waals surface area contributed by atoms with Gasteiger partial charge in [-0.05, 0) is 25.0 Å². The monoisotopic (exact) mass is 223 g/mol. The van der Waals surface area contributed by atoms with Crippen molar-refractivity contribution >= 4 is 8.07 Å². The fraction of sp³-hybridized carbons (Fsp3) is 0.667. The van der Waals surface area contributed by atoms with Crippen molar-refractivity contribution in [2.45, 2.75) is 44.1 Å². The van der Waals surface area contributed by atoms with E-state index in [4.69, 9.17) is 4.74 Å². The summed E-state index contributed by atoms with van der Waals surface area (Å²) in [5, 5.41) is 0. The predicted molar refractivity (Wildman–Crippen MR) is 66.4 cm³/mol. The highest BCUT2D eigenvalue weighted by Gasteiger charge is 2.29. The van der Waals surface area contributed by atoms with E-state index in [-0.39, 0.29) is 0 Å². The highest BCUT2D eigenvalue weighted by atomic mass is 28.3. The van der Waals surface area contributed by atoms with E-state index in [1.807, 2.05) is 0 Å². The Kier molecular flexibility index (Phi) is 2.91. The molecule has 1 aromatic rings. The zero-order valence-corrected chi connectivity index (χ0v) is 11.0. The molecular formula is C12H21NOSi. The largest absolute Gasteiger partial charge is 0.482 e. The van der Waals surface area contributed by atoms with Gasteiger partial charge < -0.3 is 9.30 Å². The zero-order valence-electron chi connectivity index (χ0n) is 9.99. The molecule has 1 aliphatic heterocycles. The average Bonchev–Trinajstić information content (AvgIpc) is 2.65. The summed E-state index contributed by atoms with van der Waals surface area (Å²) in [4.78, 5) is 0. The fourth-order valence-corrected chi connectivity index (χ4v) is 4.99. The molecular weight excluding hydrogens is 202 g/mol. The van der Waals surface area contributed by atoms with E-state index < -0.39 is 8.07 Å². The molecule has 0 aliphatic carbocycles. The zero-order chi connectivity index (χ0) is 10.9. The Hall–Kier alpha value is -0.703. The Balaban J connectivity index is 2.07. The first kappa shape index (κ1) is 10.8. The van der Waals surface area contributed by atoms with Crippen molar-refractivity contribution in [3.05, 3.63) is 18.3 Å². The van der Waals surface area contributed by atoms with Crippen molar-refractivity contribution < 1.29 is 4.74 Å². The molecule has 0 unspecified atom stereocenters. The van der Waals surface area contributed by atoms with Crippen LogP contribution in [0.3, 0.4) is 0 Å². The summed E-state index contributed by atoms with van der Waals surface area (Å²) in [5.41, 5.74) is 0. The van der Waals surface area contributed by atoms with Crippen LogP contribution >= 0.6 is 0 Å². The number of aromatic nitrogens is 1. The predicted octanol–water partition coefficient (Wildman–Crippen LogP) is 3.54. The molecule has 2 nitrogen and oxygen atoms in total. The van der Waals surface area contributed by atoms with E-state index in [0.29, 0.717) is 6.04 Å². The van der Waals surface area contributed by atoms with Gasteiger partial charge in [0.25, 0.3) is 0 Å². The molecule has 0 bridgehead atoms. The van der Waals surface area contributed by atoms with Crippen LogP contribution < -0.4 is 4.74 Å². The van der Waals surface area contributed by atoms with Gasteiger partial charge in [0.1, 0.15) is 0 Å². The third kappa shape index (κ3) is 2.28. The SMILES string of the molecule is COc1cccn1C1CC[Si](C)(C)CC1. The summed E-state index contributed by atoms with van der Waals surface area (Å²) < 4.78 is 7.67. The third-order valence-electron chi connectivity index (χ3n) is 3.65. The maximum absolute atomic E-state index is 5.36. The Labute approximate surface area is 93.3 Å². The molecule has 15 heavy (non-hydrogen) atoms. The minimum atomic E-state index is -0.826. The Morgan fingerprint density at radius 2 is 2.00 bits per heavy atom. The standard InChI is InChI=1S/C12H21NOSi/c1-14-12-5-4-8-13(12)11-6-9-15(2,3)10-7-11/h4-5,8,11H,6-7,9-10H2,1-3H3. The van der Waals surface area contributed by atoms with Crippen molar-refractivity contribution in [3.8, 4) is 5.88 Å². The van der Waals surface area contributed by atoms with Gasteiger partial charge in [0.2, 0.25) is 0 Å². The number of hydrogen-bond donors (Lipinski definition) is 0. The van der Waals surface area contributed by atoms with Gasteiger partial charge in [-0.25, -0.2) is 0 Å². The van der Waals surface area contributed by atoms with E-state index in [1.165, 1.54) is 24.9 Å². The molecule has 1 aromatic heterocycles. The van der Waals surface area contributed by atoms with Crippen molar-refractivity contribution in [3.63, 3.8) is 0 Å². The van der Waals surface area contributed by atoms with Crippen LogP contribution in [-0.2, 0) is 0 Å². The summed E-state index contributed by atoms with van der Waals surface area (Å²) in [6, 6.07) is 7.72. The lowest BCUT2D eigenvalue weighted by atomic mass is 10.1. The number of hydrogen-bond acceptors (Lipinski definition) is 1. The second kappa shape index (κ2) is 4.04. The van der Waals surface area contributed by atoms with Crippen molar-refractivity contribution in [2.24, 2.45) is 0 Å². The summed E-state index contributed by atoms with van der Waals surface area (Å²) in [6.45, 7) is 5.02. The minimum Gasteiger partial charge on any atom is -0.482 e. The summed E-state index contributed by atoms with van der Waals surface area (Å²) in [7, 11) is 0.931. The lowest BCUT2D eigenvalue weighted by Crippen LogP contribution is -2.31. The number of methoxy groups -OCH3 is 1. The average molecular weight is 223 g/mol. The van der Waals surface area contributed by atoms with Crippen LogP contribution in [0.15, 0.2) is 18.3 Å². The molecule has 0 aromatic carbocycles. The van der Waals surface area contributed by atoms with Gasteiger partial charge in [0.15, 0.2) is 5.88 Å². The number of rotatable bonds is 2. The molecule has 0 amide bonds. The molecule has 1 aliphatic rings. The molecule has 0 atom stereocenters.